The number of hydrogen-bond donors (Lipinski definition) is 1. The van der Waals surface area contributed by atoms with E-state index in [0.29, 0.717) is 0 Å². The van der Waals surface area contributed by atoms with E-state index in [0.717, 1.165) is 24.1 Å². The SMILES string of the molecule is CCC/C(=C/C(N)=O)c1ccccn1. The Balaban J connectivity index is 2.94. The normalized spacial score (nSPS) is 11.4. The number of allylic oxidation sites excluding steroid dienone is 1. The van der Waals surface area contributed by atoms with Gasteiger partial charge in [0.05, 0.1) is 5.69 Å². The lowest BCUT2D eigenvalue weighted by molar-refractivity contribution is -0.113. The standard InChI is InChI=1S/C11H14N2O/c1-2-5-9(8-11(12)14)10-6-3-4-7-13-10/h3-4,6-8H,2,5H2,1H3,(H2,12,14)/b9-8-. The lowest BCUT2D eigenvalue weighted by Gasteiger charge is -2.03. The summed E-state index contributed by atoms with van der Waals surface area (Å²) in [5.41, 5.74) is 6.85. The lowest BCUT2D eigenvalue weighted by atomic mass is 10.1. The summed E-state index contributed by atoms with van der Waals surface area (Å²) in [6.07, 6.45) is 4.95. The van der Waals surface area contributed by atoms with Crippen LogP contribution in [0.15, 0.2) is 30.5 Å². The van der Waals surface area contributed by atoms with E-state index < -0.39 is 5.91 Å². The van der Waals surface area contributed by atoms with Gasteiger partial charge in [-0.15, -0.1) is 0 Å². The summed E-state index contributed by atoms with van der Waals surface area (Å²) >= 11 is 0. The van der Waals surface area contributed by atoms with E-state index in [-0.39, 0.29) is 0 Å². The smallest absolute Gasteiger partial charge is 0.241 e. The van der Waals surface area contributed by atoms with Crippen LogP contribution in [0.4, 0.5) is 0 Å². The van der Waals surface area contributed by atoms with Crippen LogP contribution < -0.4 is 5.73 Å². The molecule has 1 aromatic rings. The molecule has 0 saturated carbocycles. The van der Waals surface area contributed by atoms with Crippen molar-refractivity contribution in [1.82, 2.24) is 4.98 Å². The summed E-state index contributed by atoms with van der Waals surface area (Å²) < 4.78 is 0. The summed E-state index contributed by atoms with van der Waals surface area (Å²) in [5.74, 6) is -0.417. The summed E-state index contributed by atoms with van der Waals surface area (Å²) in [6.45, 7) is 2.05. The molecule has 0 aliphatic carbocycles. The third-order valence-corrected chi connectivity index (χ3v) is 1.83. The van der Waals surface area contributed by atoms with Crippen LogP contribution in [0, 0.1) is 0 Å². The van der Waals surface area contributed by atoms with Crippen molar-refractivity contribution in [1.29, 1.82) is 0 Å². The van der Waals surface area contributed by atoms with Crippen molar-refractivity contribution in [2.24, 2.45) is 5.73 Å². The molecule has 0 aliphatic rings. The number of amides is 1. The van der Waals surface area contributed by atoms with E-state index in [2.05, 4.69) is 11.9 Å². The van der Waals surface area contributed by atoms with Gasteiger partial charge in [-0.05, 0) is 24.1 Å². The van der Waals surface area contributed by atoms with Gasteiger partial charge in [-0.2, -0.15) is 0 Å². The Hall–Kier alpha value is -1.64. The van der Waals surface area contributed by atoms with E-state index >= 15 is 0 Å². The van der Waals surface area contributed by atoms with E-state index in [1.165, 1.54) is 6.08 Å². The zero-order valence-corrected chi connectivity index (χ0v) is 8.23. The fourth-order valence-electron chi connectivity index (χ4n) is 1.27. The van der Waals surface area contributed by atoms with E-state index in [1.54, 1.807) is 6.20 Å². The molecular formula is C11H14N2O. The largest absolute Gasteiger partial charge is 0.366 e. The molecule has 2 N–H and O–H groups in total. The maximum absolute atomic E-state index is 10.8. The summed E-state index contributed by atoms with van der Waals surface area (Å²) in [5, 5.41) is 0. The highest BCUT2D eigenvalue weighted by Crippen LogP contribution is 2.16. The van der Waals surface area contributed by atoms with Gasteiger partial charge < -0.3 is 5.73 Å². The highest BCUT2D eigenvalue weighted by Gasteiger charge is 2.02. The minimum atomic E-state index is -0.417. The average molecular weight is 190 g/mol. The van der Waals surface area contributed by atoms with Crippen molar-refractivity contribution in [2.75, 3.05) is 0 Å². The number of primary amides is 1. The molecule has 0 aromatic carbocycles. The Morgan fingerprint density at radius 2 is 2.36 bits per heavy atom. The summed E-state index contributed by atoms with van der Waals surface area (Å²) in [4.78, 5) is 15.0. The first kappa shape index (κ1) is 10.4. The van der Waals surface area contributed by atoms with Crippen molar-refractivity contribution in [2.45, 2.75) is 19.8 Å². The summed E-state index contributed by atoms with van der Waals surface area (Å²) in [6, 6.07) is 5.62. The van der Waals surface area contributed by atoms with Crippen molar-refractivity contribution >= 4 is 11.5 Å². The van der Waals surface area contributed by atoms with Gasteiger partial charge in [-0.25, -0.2) is 0 Å². The molecule has 1 rings (SSSR count). The minimum Gasteiger partial charge on any atom is -0.366 e. The number of carbonyl (C=O) groups is 1. The molecule has 0 aliphatic heterocycles. The van der Waals surface area contributed by atoms with Gasteiger partial charge >= 0.3 is 0 Å². The van der Waals surface area contributed by atoms with Gasteiger partial charge in [0.25, 0.3) is 0 Å². The van der Waals surface area contributed by atoms with Crippen LogP contribution >= 0.6 is 0 Å². The van der Waals surface area contributed by atoms with Crippen LogP contribution in [0.5, 0.6) is 0 Å². The molecule has 3 nitrogen and oxygen atoms in total. The number of aromatic nitrogens is 1. The van der Waals surface area contributed by atoms with Crippen LogP contribution in [-0.4, -0.2) is 10.9 Å². The van der Waals surface area contributed by atoms with Crippen LogP contribution in [-0.2, 0) is 4.79 Å². The molecule has 14 heavy (non-hydrogen) atoms. The molecule has 1 amide bonds. The van der Waals surface area contributed by atoms with E-state index in [9.17, 15) is 4.79 Å². The van der Waals surface area contributed by atoms with Gasteiger partial charge in [0.2, 0.25) is 5.91 Å². The molecule has 0 fully saturated rings. The molecule has 0 saturated heterocycles. The number of pyridine rings is 1. The third kappa shape index (κ3) is 3.01. The highest BCUT2D eigenvalue weighted by atomic mass is 16.1. The molecule has 3 heteroatoms. The minimum absolute atomic E-state index is 0.417. The van der Waals surface area contributed by atoms with Gasteiger partial charge in [0.1, 0.15) is 0 Å². The van der Waals surface area contributed by atoms with Crippen LogP contribution in [0.25, 0.3) is 5.57 Å². The second kappa shape index (κ2) is 5.17. The van der Waals surface area contributed by atoms with E-state index in [1.807, 2.05) is 18.2 Å². The number of nitrogens with two attached hydrogens (primary N) is 1. The molecule has 1 aromatic heterocycles. The Labute approximate surface area is 83.7 Å². The molecule has 0 bridgehead atoms. The van der Waals surface area contributed by atoms with Gasteiger partial charge in [-0.1, -0.05) is 19.4 Å². The topological polar surface area (TPSA) is 56.0 Å². The maximum atomic E-state index is 10.8. The van der Waals surface area contributed by atoms with Gasteiger partial charge in [0.15, 0.2) is 0 Å². The van der Waals surface area contributed by atoms with Crippen LogP contribution in [0.3, 0.4) is 0 Å². The lowest BCUT2D eigenvalue weighted by Crippen LogP contribution is -2.07. The second-order valence-corrected chi connectivity index (χ2v) is 3.04. The summed E-state index contributed by atoms with van der Waals surface area (Å²) in [7, 11) is 0. The first-order valence-corrected chi connectivity index (χ1v) is 4.65. The molecule has 1 heterocycles. The molecule has 0 atom stereocenters. The van der Waals surface area contributed by atoms with Crippen molar-refractivity contribution < 1.29 is 4.79 Å². The van der Waals surface area contributed by atoms with Crippen molar-refractivity contribution in [3.63, 3.8) is 0 Å². The number of carbonyl (C=O) groups excluding carboxylic acids is 1. The molecule has 0 spiro atoms. The fourth-order valence-corrected chi connectivity index (χ4v) is 1.27. The van der Waals surface area contributed by atoms with Crippen LogP contribution in [0.1, 0.15) is 25.5 Å². The predicted octanol–water partition coefficient (Wildman–Crippen LogP) is 1.75. The Morgan fingerprint density at radius 3 is 2.86 bits per heavy atom. The number of hydrogen-bond acceptors (Lipinski definition) is 2. The molecule has 0 unspecified atom stereocenters. The van der Waals surface area contributed by atoms with Crippen molar-refractivity contribution in [3.05, 3.63) is 36.2 Å². The maximum Gasteiger partial charge on any atom is 0.241 e. The average Bonchev–Trinajstić information content (AvgIpc) is 2.18. The Bertz CT molecular complexity index is 330. The fraction of sp³-hybridized carbons (Fsp3) is 0.273. The van der Waals surface area contributed by atoms with Gasteiger partial charge in [0, 0.05) is 12.3 Å². The molecule has 74 valence electrons. The second-order valence-electron chi connectivity index (χ2n) is 3.04. The number of nitrogens with zero attached hydrogens (tertiary/aromatic N) is 1. The Morgan fingerprint density at radius 1 is 1.57 bits per heavy atom. The first-order chi connectivity index (χ1) is 6.74. The third-order valence-electron chi connectivity index (χ3n) is 1.83. The zero-order valence-electron chi connectivity index (χ0n) is 8.23. The zero-order chi connectivity index (χ0) is 10.4. The quantitative estimate of drug-likeness (QED) is 0.735. The molecular weight excluding hydrogens is 176 g/mol. The van der Waals surface area contributed by atoms with Crippen molar-refractivity contribution in [3.8, 4) is 0 Å². The predicted molar refractivity (Wildman–Crippen MR) is 56.3 cm³/mol. The first-order valence-electron chi connectivity index (χ1n) is 4.65. The number of rotatable bonds is 4. The Kier molecular flexibility index (Phi) is 3.85. The monoisotopic (exact) mass is 190 g/mol. The highest BCUT2D eigenvalue weighted by molar-refractivity contribution is 5.93. The van der Waals surface area contributed by atoms with Gasteiger partial charge in [-0.3, -0.25) is 9.78 Å². The van der Waals surface area contributed by atoms with Crippen LogP contribution in [0.2, 0.25) is 0 Å². The molecule has 0 radical (unpaired) electrons. The van der Waals surface area contributed by atoms with E-state index in [4.69, 9.17) is 5.73 Å².